The first kappa shape index (κ1) is 19.5. The Hall–Kier alpha value is -1.55. The fourth-order valence-electron chi connectivity index (χ4n) is 2.63. The molecule has 1 aromatic rings. The van der Waals surface area contributed by atoms with Crippen molar-refractivity contribution < 1.29 is 0 Å². The molecule has 0 fully saturated rings. The summed E-state index contributed by atoms with van der Waals surface area (Å²) in [5.74, 6) is 6.60. The van der Waals surface area contributed by atoms with E-state index in [2.05, 4.69) is 43.7 Å². The predicted molar refractivity (Wildman–Crippen MR) is 102 cm³/mol. The highest BCUT2D eigenvalue weighted by atomic mass is 14.6. The quantitative estimate of drug-likeness (QED) is 0.343. The van der Waals surface area contributed by atoms with E-state index < -0.39 is 0 Å². The largest absolute Gasteiger partial charge is 0.263 e. The summed E-state index contributed by atoms with van der Waals surface area (Å²) in [5, 5.41) is 0. The minimum Gasteiger partial charge on any atom is -0.263 e. The summed E-state index contributed by atoms with van der Waals surface area (Å²) in [5.41, 5.74) is 3.52. The molecule has 0 saturated carbocycles. The molecule has 0 aliphatic rings. The lowest BCUT2D eigenvalue weighted by Crippen LogP contribution is -1.85. The van der Waals surface area contributed by atoms with E-state index in [9.17, 15) is 0 Å². The van der Waals surface area contributed by atoms with Crippen LogP contribution in [0.15, 0.2) is 24.0 Å². The van der Waals surface area contributed by atoms with E-state index in [1.165, 1.54) is 68.9 Å². The zero-order valence-electron chi connectivity index (χ0n) is 15.3. The number of hydrogen-bond donors (Lipinski definition) is 0. The lowest BCUT2D eigenvalue weighted by Gasteiger charge is -2.00. The summed E-state index contributed by atoms with van der Waals surface area (Å²) < 4.78 is 0. The minimum absolute atomic E-state index is 0.999. The molecule has 1 heterocycles. The van der Waals surface area contributed by atoms with Crippen LogP contribution in [0.25, 0.3) is 6.08 Å². The van der Waals surface area contributed by atoms with Crippen molar-refractivity contribution in [3.63, 3.8) is 0 Å². The van der Waals surface area contributed by atoms with Crippen LogP contribution in [-0.4, -0.2) is 4.98 Å². The molecule has 0 radical (unpaired) electrons. The van der Waals surface area contributed by atoms with Crippen molar-refractivity contribution in [1.82, 2.24) is 4.98 Å². The monoisotopic (exact) mass is 311 g/mol. The third kappa shape index (κ3) is 9.95. The average Bonchev–Trinajstić information content (AvgIpc) is 2.53. The van der Waals surface area contributed by atoms with E-state index in [0.717, 1.165) is 12.0 Å². The second-order valence-electron chi connectivity index (χ2n) is 6.56. The molecule has 0 aliphatic heterocycles. The van der Waals surface area contributed by atoms with Crippen molar-refractivity contribution in [3.8, 4) is 11.8 Å². The smallest absolute Gasteiger partial charge is 0.0501 e. The van der Waals surface area contributed by atoms with E-state index in [4.69, 9.17) is 0 Å². The number of rotatable bonds is 10. The SMILES string of the molecule is CCCCCCCCCCCC#Cc1cnccc1C=C(C)C. The van der Waals surface area contributed by atoms with Crippen LogP contribution < -0.4 is 0 Å². The van der Waals surface area contributed by atoms with Gasteiger partial charge in [0, 0.05) is 18.8 Å². The van der Waals surface area contributed by atoms with Gasteiger partial charge in [-0.1, -0.05) is 81.8 Å². The molecule has 126 valence electrons. The highest BCUT2D eigenvalue weighted by Crippen LogP contribution is 2.12. The Labute approximate surface area is 143 Å². The van der Waals surface area contributed by atoms with E-state index >= 15 is 0 Å². The minimum atomic E-state index is 0.999. The van der Waals surface area contributed by atoms with Gasteiger partial charge in [-0.25, -0.2) is 0 Å². The first-order valence-corrected chi connectivity index (χ1v) is 9.32. The molecule has 0 spiro atoms. The molecule has 23 heavy (non-hydrogen) atoms. The summed E-state index contributed by atoms with van der Waals surface area (Å²) >= 11 is 0. The van der Waals surface area contributed by atoms with E-state index in [0.29, 0.717) is 0 Å². The lowest BCUT2D eigenvalue weighted by atomic mass is 10.1. The van der Waals surface area contributed by atoms with Gasteiger partial charge in [0.2, 0.25) is 0 Å². The molecule has 0 aliphatic carbocycles. The van der Waals surface area contributed by atoms with Crippen LogP contribution in [0.3, 0.4) is 0 Å². The van der Waals surface area contributed by atoms with Crippen LogP contribution in [0.2, 0.25) is 0 Å². The van der Waals surface area contributed by atoms with Gasteiger partial charge in [0.15, 0.2) is 0 Å². The van der Waals surface area contributed by atoms with E-state index in [1.54, 1.807) is 0 Å². The van der Waals surface area contributed by atoms with E-state index in [1.807, 2.05) is 18.5 Å². The zero-order valence-corrected chi connectivity index (χ0v) is 15.3. The molecule has 0 N–H and O–H groups in total. The molecular formula is C22H33N. The van der Waals surface area contributed by atoms with Crippen LogP contribution in [-0.2, 0) is 0 Å². The molecule has 1 aromatic heterocycles. The van der Waals surface area contributed by atoms with Gasteiger partial charge in [-0.3, -0.25) is 4.98 Å². The van der Waals surface area contributed by atoms with Crippen LogP contribution in [0.1, 0.15) is 96.1 Å². The second kappa shape index (κ2) is 12.9. The Bertz CT molecular complexity index is 512. The van der Waals surface area contributed by atoms with Crippen molar-refractivity contribution in [2.45, 2.75) is 85.0 Å². The normalized spacial score (nSPS) is 10.0. The van der Waals surface area contributed by atoms with E-state index in [-0.39, 0.29) is 0 Å². The molecule has 1 nitrogen and oxygen atoms in total. The first-order valence-electron chi connectivity index (χ1n) is 9.32. The maximum Gasteiger partial charge on any atom is 0.0501 e. The topological polar surface area (TPSA) is 12.9 Å². The maximum absolute atomic E-state index is 4.19. The highest BCUT2D eigenvalue weighted by molar-refractivity contribution is 5.59. The predicted octanol–water partition coefficient (Wildman–Crippen LogP) is 6.78. The molecule has 0 aromatic carbocycles. The van der Waals surface area contributed by atoms with Crippen LogP contribution in [0.4, 0.5) is 0 Å². The third-order valence-corrected chi connectivity index (χ3v) is 3.93. The second-order valence-corrected chi connectivity index (χ2v) is 6.56. The first-order chi connectivity index (χ1) is 11.2. The average molecular weight is 312 g/mol. The standard InChI is InChI=1S/C22H33N/c1-4-5-6-7-8-9-10-11-12-13-14-15-22-19-23-17-16-21(22)18-20(2)3/h16-19H,4-13H2,1-3H3. The van der Waals surface area contributed by atoms with Crippen molar-refractivity contribution in [1.29, 1.82) is 0 Å². The van der Waals surface area contributed by atoms with Crippen LogP contribution >= 0.6 is 0 Å². The molecule has 0 saturated heterocycles. The number of hydrogen-bond acceptors (Lipinski definition) is 1. The van der Waals surface area contributed by atoms with Crippen molar-refractivity contribution in [3.05, 3.63) is 35.2 Å². The van der Waals surface area contributed by atoms with Crippen LogP contribution in [0.5, 0.6) is 0 Å². The van der Waals surface area contributed by atoms with Crippen molar-refractivity contribution >= 4 is 6.08 Å². The third-order valence-electron chi connectivity index (χ3n) is 3.93. The number of allylic oxidation sites excluding steroid dienone is 1. The number of aromatic nitrogens is 1. The molecule has 1 heteroatoms. The molecule has 1 rings (SSSR count). The van der Waals surface area contributed by atoms with Crippen LogP contribution in [0, 0.1) is 11.8 Å². The number of unbranched alkanes of at least 4 members (excludes halogenated alkanes) is 9. The van der Waals surface area contributed by atoms with Crippen molar-refractivity contribution in [2.24, 2.45) is 0 Å². The number of nitrogens with zero attached hydrogens (tertiary/aromatic N) is 1. The maximum atomic E-state index is 4.19. The summed E-state index contributed by atoms with van der Waals surface area (Å²) in [4.78, 5) is 4.19. The van der Waals surface area contributed by atoms with Gasteiger partial charge in [0.25, 0.3) is 0 Å². The Balaban J connectivity index is 2.20. The molecular weight excluding hydrogens is 278 g/mol. The van der Waals surface area contributed by atoms with Gasteiger partial charge in [0.1, 0.15) is 0 Å². The summed E-state index contributed by atoms with van der Waals surface area (Å²) in [7, 11) is 0. The Morgan fingerprint density at radius 2 is 1.65 bits per heavy atom. The molecule has 0 bridgehead atoms. The van der Waals surface area contributed by atoms with Gasteiger partial charge in [0.05, 0.1) is 5.56 Å². The summed E-state index contributed by atoms with van der Waals surface area (Å²) in [6.45, 7) is 6.50. The van der Waals surface area contributed by atoms with Gasteiger partial charge >= 0.3 is 0 Å². The zero-order chi connectivity index (χ0) is 16.8. The lowest BCUT2D eigenvalue weighted by molar-refractivity contribution is 0.567. The Morgan fingerprint density at radius 1 is 1.00 bits per heavy atom. The molecule has 0 atom stereocenters. The fourth-order valence-corrected chi connectivity index (χ4v) is 2.63. The Kier molecular flexibility index (Phi) is 11.0. The molecule has 0 amide bonds. The van der Waals surface area contributed by atoms with Gasteiger partial charge in [-0.15, -0.1) is 0 Å². The summed E-state index contributed by atoms with van der Waals surface area (Å²) in [6, 6.07) is 2.04. The van der Waals surface area contributed by atoms with Gasteiger partial charge in [-0.2, -0.15) is 0 Å². The van der Waals surface area contributed by atoms with Crippen molar-refractivity contribution in [2.75, 3.05) is 0 Å². The van der Waals surface area contributed by atoms with Gasteiger partial charge < -0.3 is 0 Å². The Morgan fingerprint density at radius 3 is 2.30 bits per heavy atom. The summed E-state index contributed by atoms with van der Waals surface area (Å²) in [6.07, 6.45) is 19.2. The van der Waals surface area contributed by atoms with Gasteiger partial charge in [-0.05, 0) is 31.9 Å². The fraction of sp³-hybridized carbons (Fsp3) is 0.591. The highest BCUT2D eigenvalue weighted by Gasteiger charge is 1.96. The molecule has 0 unspecified atom stereocenters. The number of pyridine rings is 1.